The predicted molar refractivity (Wildman–Crippen MR) is 115 cm³/mol. The first-order chi connectivity index (χ1) is 13.1. The Morgan fingerprint density at radius 2 is 1.68 bits per heavy atom. The summed E-state index contributed by atoms with van der Waals surface area (Å²) in [5.41, 5.74) is 8.95. The van der Waals surface area contributed by atoms with Gasteiger partial charge >= 0.3 is 0 Å². The van der Waals surface area contributed by atoms with Crippen LogP contribution in [0, 0.1) is 12.7 Å². The van der Waals surface area contributed by atoms with E-state index in [1.807, 2.05) is 4.90 Å². The molecule has 0 bridgehead atoms. The van der Waals surface area contributed by atoms with Crippen LogP contribution >= 0.6 is 12.4 Å². The van der Waals surface area contributed by atoms with E-state index in [4.69, 9.17) is 5.73 Å². The van der Waals surface area contributed by atoms with Gasteiger partial charge in [0.05, 0.1) is 0 Å². The van der Waals surface area contributed by atoms with Crippen LogP contribution < -0.4 is 16.0 Å². The number of anilines is 2. The lowest BCUT2D eigenvalue weighted by atomic mass is 10.2. The summed E-state index contributed by atoms with van der Waals surface area (Å²) in [4.78, 5) is 13.3. The number of guanidine groups is 2. The van der Waals surface area contributed by atoms with Gasteiger partial charge in [0, 0.05) is 24.5 Å². The van der Waals surface area contributed by atoms with Gasteiger partial charge in [0.15, 0.2) is 0 Å². The molecule has 1 unspecified atom stereocenters. The molecule has 0 aliphatic carbocycles. The van der Waals surface area contributed by atoms with Crippen LogP contribution in [-0.2, 0) is 0 Å². The molecule has 2 aromatic rings. The second kappa shape index (κ2) is 8.48. The fraction of sp³-hybridized carbons (Fsp3) is 0.300. The van der Waals surface area contributed by atoms with Gasteiger partial charge in [-0.05, 0) is 56.2 Å². The van der Waals surface area contributed by atoms with E-state index >= 15 is 0 Å². The zero-order chi connectivity index (χ0) is 18.8. The van der Waals surface area contributed by atoms with Crippen molar-refractivity contribution in [1.82, 2.24) is 4.90 Å². The number of nitrogens with zero attached hydrogens (tertiary/aromatic N) is 4. The summed E-state index contributed by atoms with van der Waals surface area (Å²) < 4.78 is 13.3. The Kier molecular flexibility index (Phi) is 6.04. The first-order valence-corrected chi connectivity index (χ1v) is 9.15. The molecule has 0 saturated carbocycles. The molecule has 28 heavy (non-hydrogen) atoms. The maximum atomic E-state index is 13.3. The highest BCUT2D eigenvalue weighted by Gasteiger charge is 2.32. The molecule has 2 aliphatic rings. The van der Waals surface area contributed by atoms with Crippen molar-refractivity contribution in [3.05, 3.63) is 59.9 Å². The van der Waals surface area contributed by atoms with Crippen molar-refractivity contribution in [1.29, 1.82) is 0 Å². The van der Waals surface area contributed by atoms with E-state index in [0.717, 1.165) is 43.3 Å². The fourth-order valence-corrected chi connectivity index (χ4v) is 3.37. The number of nitrogens with one attached hydrogen (secondary N) is 1. The number of halogens is 2. The van der Waals surface area contributed by atoms with Crippen molar-refractivity contribution >= 4 is 35.7 Å². The molecule has 1 fully saturated rings. The van der Waals surface area contributed by atoms with E-state index in [1.54, 1.807) is 12.1 Å². The first kappa shape index (κ1) is 19.9. The average molecular weight is 403 g/mol. The van der Waals surface area contributed by atoms with E-state index in [2.05, 4.69) is 51.4 Å². The Hall–Kier alpha value is -2.80. The van der Waals surface area contributed by atoms with Crippen molar-refractivity contribution in [3.8, 4) is 0 Å². The summed E-state index contributed by atoms with van der Waals surface area (Å²) in [5, 5.41) is 3.34. The number of hydrogen-bond donors (Lipinski definition) is 2. The van der Waals surface area contributed by atoms with Crippen LogP contribution in [0.5, 0.6) is 0 Å². The van der Waals surface area contributed by atoms with Crippen LogP contribution in [0.15, 0.2) is 58.5 Å². The summed E-state index contributed by atoms with van der Waals surface area (Å²) >= 11 is 0. The molecule has 1 saturated heterocycles. The summed E-state index contributed by atoms with van der Waals surface area (Å²) in [6.45, 7) is 3.94. The molecule has 0 amide bonds. The third kappa shape index (κ3) is 4.20. The molecule has 3 N–H and O–H groups in total. The van der Waals surface area contributed by atoms with Gasteiger partial charge < -0.3 is 16.0 Å². The minimum atomic E-state index is -0.466. The molecule has 1 atom stereocenters. The van der Waals surface area contributed by atoms with Gasteiger partial charge in [0.25, 0.3) is 0 Å². The molecule has 4 rings (SSSR count). The largest absolute Gasteiger partial charge is 0.368 e. The third-order valence-electron chi connectivity index (χ3n) is 4.77. The van der Waals surface area contributed by atoms with E-state index in [9.17, 15) is 4.39 Å². The minimum absolute atomic E-state index is 0. The Bertz CT molecular complexity index is 859. The zero-order valence-electron chi connectivity index (χ0n) is 15.7. The smallest absolute Gasteiger partial charge is 0.222 e. The lowest BCUT2D eigenvalue weighted by molar-refractivity contribution is 0.497. The molecular formula is C20H24ClFN6. The van der Waals surface area contributed by atoms with Crippen molar-refractivity contribution in [2.24, 2.45) is 15.7 Å². The molecule has 8 heteroatoms. The molecular weight excluding hydrogens is 379 g/mol. The average Bonchev–Trinajstić information content (AvgIpc) is 3.19. The predicted octanol–water partition coefficient (Wildman–Crippen LogP) is 3.54. The summed E-state index contributed by atoms with van der Waals surface area (Å²) in [7, 11) is 0. The van der Waals surface area contributed by atoms with Gasteiger partial charge in [-0.25, -0.2) is 9.38 Å². The van der Waals surface area contributed by atoms with Gasteiger partial charge in [-0.3, -0.25) is 4.90 Å². The van der Waals surface area contributed by atoms with Gasteiger partial charge in [0.2, 0.25) is 18.2 Å². The Labute approximate surface area is 170 Å². The second-order valence-corrected chi connectivity index (χ2v) is 6.82. The molecule has 2 heterocycles. The lowest BCUT2D eigenvalue weighted by Crippen LogP contribution is -2.54. The van der Waals surface area contributed by atoms with Gasteiger partial charge in [-0.2, -0.15) is 4.99 Å². The van der Waals surface area contributed by atoms with Crippen molar-refractivity contribution < 1.29 is 4.39 Å². The highest BCUT2D eigenvalue weighted by Crippen LogP contribution is 2.26. The number of benzene rings is 2. The molecule has 148 valence electrons. The number of aliphatic imine (C=N–C) groups is 2. The SMILES string of the molecule is Cc1ccc(N2C(N3CCCC3)=NC(N)=NC2Nc2ccc(F)cc2)cc1.Cl. The normalized spacial score (nSPS) is 19.0. The van der Waals surface area contributed by atoms with Gasteiger partial charge in [0.1, 0.15) is 5.82 Å². The maximum absolute atomic E-state index is 13.3. The summed E-state index contributed by atoms with van der Waals surface area (Å²) in [6.07, 6.45) is 1.80. The Morgan fingerprint density at radius 3 is 2.32 bits per heavy atom. The van der Waals surface area contributed by atoms with Crippen LogP contribution in [0.4, 0.5) is 15.8 Å². The third-order valence-corrected chi connectivity index (χ3v) is 4.77. The van der Waals surface area contributed by atoms with Crippen LogP contribution in [0.2, 0.25) is 0 Å². The van der Waals surface area contributed by atoms with E-state index in [-0.39, 0.29) is 24.2 Å². The minimum Gasteiger partial charge on any atom is -0.368 e. The summed E-state index contributed by atoms with van der Waals surface area (Å²) in [5.74, 6) is 0.755. The maximum Gasteiger partial charge on any atom is 0.222 e. The lowest BCUT2D eigenvalue weighted by Gasteiger charge is -2.38. The Balaban J connectivity index is 0.00000225. The highest BCUT2D eigenvalue weighted by atomic mass is 35.5. The molecule has 6 nitrogen and oxygen atoms in total. The van der Waals surface area contributed by atoms with Gasteiger partial charge in [-0.1, -0.05) is 17.7 Å². The number of rotatable bonds is 3. The number of nitrogens with two attached hydrogens (primary N) is 1. The van der Waals surface area contributed by atoms with Crippen LogP contribution in [0.1, 0.15) is 18.4 Å². The zero-order valence-corrected chi connectivity index (χ0v) is 16.5. The van der Waals surface area contributed by atoms with Crippen molar-refractivity contribution in [3.63, 3.8) is 0 Å². The first-order valence-electron chi connectivity index (χ1n) is 9.15. The van der Waals surface area contributed by atoms with Gasteiger partial charge in [-0.15, -0.1) is 12.4 Å². The molecule has 2 aromatic carbocycles. The molecule has 0 spiro atoms. The molecule has 0 radical (unpaired) electrons. The van der Waals surface area contributed by atoms with Crippen LogP contribution in [-0.4, -0.2) is 36.2 Å². The summed E-state index contributed by atoms with van der Waals surface area (Å²) in [6, 6.07) is 14.5. The quantitative estimate of drug-likeness (QED) is 0.823. The van der Waals surface area contributed by atoms with Crippen molar-refractivity contribution in [2.75, 3.05) is 23.3 Å². The van der Waals surface area contributed by atoms with E-state index in [1.165, 1.54) is 17.7 Å². The number of aryl methyl sites for hydroxylation is 1. The fourth-order valence-electron chi connectivity index (χ4n) is 3.37. The second-order valence-electron chi connectivity index (χ2n) is 6.82. The van der Waals surface area contributed by atoms with E-state index < -0.39 is 6.29 Å². The van der Waals surface area contributed by atoms with E-state index in [0.29, 0.717) is 0 Å². The Morgan fingerprint density at radius 1 is 1.04 bits per heavy atom. The van der Waals surface area contributed by atoms with Crippen LogP contribution in [0.25, 0.3) is 0 Å². The highest BCUT2D eigenvalue weighted by molar-refractivity contribution is 6.06. The monoisotopic (exact) mass is 402 g/mol. The molecule has 2 aliphatic heterocycles. The topological polar surface area (TPSA) is 69.2 Å². The number of hydrogen-bond acceptors (Lipinski definition) is 6. The standard InChI is InChI=1S/C20H23FN6.ClH/c1-14-4-10-17(11-5-14)27-19(23-16-8-6-15(21)7-9-16)24-18(22)25-20(27)26-12-2-3-13-26;/h4-11,19,23H,2-3,12-13H2,1H3,(H2,22,24);1H. The molecule has 0 aromatic heterocycles. The van der Waals surface area contributed by atoms with Crippen LogP contribution in [0.3, 0.4) is 0 Å². The van der Waals surface area contributed by atoms with Crippen molar-refractivity contribution in [2.45, 2.75) is 26.1 Å². The number of likely N-dealkylation sites (tertiary alicyclic amines) is 1.